The summed E-state index contributed by atoms with van der Waals surface area (Å²) in [6.07, 6.45) is 0. The molecule has 1 aliphatic carbocycles. The van der Waals surface area contributed by atoms with Crippen LogP contribution in [0.2, 0.25) is 0 Å². The van der Waals surface area contributed by atoms with Crippen LogP contribution in [0, 0.1) is 0 Å². The summed E-state index contributed by atoms with van der Waals surface area (Å²) in [4.78, 5) is 5.05. The summed E-state index contributed by atoms with van der Waals surface area (Å²) in [5, 5.41) is 0. The number of fused-ring (bicyclic) bond motifs is 3. The molecule has 2 aromatic carbocycles. The summed E-state index contributed by atoms with van der Waals surface area (Å²) in [6.45, 7) is 18.3. The van der Waals surface area contributed by atoms with Crippen LogP contribution in [0.25, 0.3) is 11.1 Å². The van der Waals surface area contributed by atoms with Crippen molar-refractivity contribution in [1.82, 2.24) is 0 Å². The number of rotatable bonds is 6. The van der Waals surface area contributed by atoms with Crippen LogP contribution in [-0.2, 0) is 24.7 Å². The maximum atomic E-state index is 2.52. The Labute approximate surface area is 211 Å². The van der Waals surface area contributed by atoms with Crippen LogP contribution in [0.1, 0.15) is 70.1 Å². The fraction of sp³-hybridized carbons (Fsp3) is 0.520. The molecule has 5 heteroatoms. The van der Waals surface area contributed by atoms with E-state index in [0.717, 1.165) is 0 Å². The first-order chi connectivity index (χ1) is 13.1. The van der Waals surface area contributed by atoms with Crippen molar-refractivity contribution in [2.45, 2.75) is 83.2 Å². The minimum atomic E-state index is 0. The molecule has 2 aromatic rings. The Morgan fingerprint density at radius 3 is 1.17 bits per heavy atom. The normalized spacial score (nSPS) is 12.7. The second-order valence-corrected chi connectivity index (χ2v) is 10.6. The Bertz CT molecular complexity index is 764. The molecular weight excluding hydrogens is 490 g/mol. The minimum Gasteiger partial charge on any atom is -1.00 e. The molecule has 0 unspecified atom stereocenters. The van der Waals surface area contributed by atoms with E-state index in [1.807, 2.05) is 0 Å². The van der Waals surface area contributed by atoms with E-state index in [9.17, 15) is 0 Å². The number of hydrogen-bond acceptors (Lipinski definition) is 2. The van der Waals surface area contributed by atoms with Gasteiger partial charge in [0.1, 0.15) is 0 Å². The minimum absolute atomic E-state index is 0. The Hall–Kier alpha value is -0.497. The van der Waals surface area contributed by atoms with E-state index in [1.165, 1.54) is 33.6 Å². The Balaban J connectivity index is 0.00000225. The standard InChI is InChI=1S/C25H35N2.2ClH.Zr/c1-16(2)26(17(3)4)22-9-11-24-20(14-22)13-21-15-23(10-12-25(21)24)27(18(5)6)19(7)8;;;/h9-19H,1-8H3;2*1H;/q;;;+2/p-2. The van der Waals surface area contributed by atoms with E-state index in [-0.39, 0.29) is 24.8 Å². The van der Waals surface area contributed by atoms with Gasteiger partial charge in [0.2, 0.25) is 0 Å². The van der Waals surface area contributed by atoms with Gasteiger partial charge in [0.15, 0.2) is 0 Å². The van der Waals surface area contributed by atoms with Gasteiger partial charge in [-0.1, -0.05) is 0 Å². The van der Waals surface area contributed by atoms with Gasteiger partial charge in [0, 0.05) is 0 Å². The third-order valence-corrected chi connectivity index (χ3v) is 7.33. The molecule has 30 heavy (non-hydrogen) atoms. The molecule has 1 aliphatic rings. The average Bonchev–Trinajstić information content (AvgIpc) is 2.86. The summed E-state index contributed by atoms with van der Waals surface area (Å²) in [7, 11) is 0. The fourth-order valence-corrected chi connectivity index (χ4v) is 6.12. The zero-order chi connectivity index (χ0) is 20.7. The van der Waals surface area contributed by atoms with Gasteiger partial charge in [0.25, 0.3) is 0 Å². The van der Waals surface area contributed by atoms with Gasteiger partial charge in [-0.3, -0.25) is 0 Å². The molecule has 0 aliphatic heterocycles. The summed E-state index contributed by atoms with van der Waals surface area (Å²) in [5.74, 6) is 0. The number of benzene rings is 2. The predicted molar refractivity (Wildman–Crippen MR) is 119 cm³/mol. The maximum Gasteiger partial charge on any atom is -1.00 e. The number of anilines is 2. The number of hydrogen-bond donors (Lipinski definition) is 0. The van der Waals surface area contributed by atoms with Crippen LogP contribution in [-0.4, -0.2) is 24.2 Å². The molecule has 163 valence electrons. The summed E-state index contributed by atoms with van der Waals surface area (Å²) < 4.78 is 0.527. The molecule has 0 amide bonds. The van der Waals surface area contributed by atoms with E-state index >= 15 is 0 Å². The molecule has 0 saturated heterocycles. The molecule has 0 bridgehead atoms. The van der Waals surface area contributed by atoms with Crippen molar-refractivity contribution in [2.24, 2.45) is 0 Å². The molecule has 0 aromatic heterocycles. The number of halogens is 2. The van der Waals surface area contributed by atoms with Crippen molar-refractivity contribution >= 4 is 11.4 Å². The van der Waals surface area contributed by atoms with Crippen LogP contribution in [0.15, 0.2) is 36.4 Å². The molecule has 0 radical (unpaired) electrons. The Morgan fingerprint density at radius 1 is 0.600 bits per heavy atom. The Kier molecular flexibility index (Phi) is 9.99. The quantitative estimate of drug-likeness (QED) is 0.544. The fourth-order valence-electron chi connectivity index (χ4n) is 4.94. The van der Waals surface area contributed by atoms with Gasteiger partial charge < -0.3 is 24.8 Å². The third kappa shape index (κ3) is 5.11. The first-order valence-corrected chi connectivity index (χ1v) is 12.1. The average molecular weight is 526 g/mol. The summed E-state index contributed by atoms with van der Waals surface area (Å²) >= 11 is 1.57. The maximum absolute atomic E-state index is 2.52. The van der Waals surface area contributed by atoms with Gasteiger partial charge in [-0.05, 0) is 0 Å². The molecule has 0 fully saturated rings. The van der Waals surface area contributed by atoms with Crippen LogP contribution >= 0.6 is 0 Å². The van der Waals surface area contributed by atoms with Gasteiger partial charge in [-0.25, -0.2) is 0 Å². The smallest absolute Gasteiger partial charge is 1.00 e. The zero-order valence-corrected chi connectivity index (χ0v) is 23.5. The second-order valence-electron chi connectivity index (χ2n) is 9.17. The first-order valence-electron chi connectivity index (χ1n) is 10.7. The van der Waals surface area contributed by atoms with E-state index in [4.69, 9.17) is 0 Å². The van der Waals surface area contributed by atoms with Gasteiger partial charge in [0.05, 0.1) is 0 Å². The van der Waals surface area contributed by atoms with E-state index in [2.05, 4.69) is 102 Å². The largest absolute Gasteiger partial charge is 1.00 e. The van der Waals surface area contributed by atoms with E-state index in [1.54, 1.807) is 24.7 Å². The molecule has 0 spiro atoms. The monoisotopic (exact) mass is 523 g/mol. The zero-order valence-electron chi connectivity index (χ0n) is 19.5. The third-order valence-electron chi connectivity index (χ3n) is 5.80. The van der Waals surface area contributed by atoms with Crippen molar-refractivity contribution in [3.8, 4) is 11.1 Å². The van der Waals surface area contributed by atoms with Crippen LogP contribution in [0.4, 0.5) is 11.4 Å². The van der Waals surface area contributed by atoms with Crippen molar-refractivity contribution < 1.29 is 49.5 Å². The van der Waals surface area contributed by atoms with Crippen LogP contribution < -0.4 is 34.6 Å². The molecular formula is C25H35Cl2N2Zr. The van der Waals surface area contributed by atoms with Crippen molar-refractivity contribution in [1.29, 1.82) is 0 Å². The predicted octanol–water partition coefficient (Wildman–Crippen LogP) is 0.558. The molecule has 0 N–H and O–H groups in total. The van der Waals surface area contributed by atoms with Crippen molar-refractivity contribution in [3.63, 3.8) is 0 Å². The van der Waals surface area contributed by atoms with E-state index in [0.29, 0.717) is 27.8 Å². The number of nitrogens with zero attached hydrogens (tertiary/aromatic N) is 2. The Morgan fingerprint density at radius 2 is 0.900 bits per heavy atom. The van der Waals surface area contributed by atoms with Gasteiger partial charge >= 0.3 is 188 Å². The molecule has 0 heterocycles. The molecule has 0 saturated carbocycles. The summed E-state index contributed by atoms with van der Waals surface area (Å²) in [5.41, 5.74) is 8.59. The van der Waals surface area contributed by atoms with Crippen molar-refractivity contribution in [2.75, 3.05) is 9.80 Å². The van der Waals surface area contributed by atoms with Crippen LogP contribution in [0.3, 0.4) is 0 Å². The SMILES string of the molecule is CC(C)N(c1ccc2c(c1)[CH]([Zr+2])c1cc(N(C(C)C)C(C)C)ccc1-2)C(C)C.[Cl-].[Cl-]. The van der Waals surface area contributed by atoms with E-state index < -0.39 is 0 Å². The van der Waals surface area contributed by atoms with Gasteiger partial charge in [-0.2, -0.15) is 0 Å². The van der Waals surface area contributed by atoms with Crippen molar-refractivity contribution in [3.05, 3.63) is 47.5 Å². The van der Waals surface area contributed by atoms with Crippen LogP contribution in [0.5, 0.6) is 0 Å². The molecule has 2 nitrogen and oxygen atoms in total. The molecule has 3 rings (SSSR count). The molecule has 0 atom stereocenters. The van der Waals surface area contributed by atoms with Gasteiger partial charge in [-0.15, -0.1) is 0 Å². The first kappa shape index (κ1) is 27.5. The summed E-state index contributed by atoms with van der Waals surface area (Å²) in [6, 6.07) is 16.3. The second kappa shape index (κ2) is 10.9. The topological polar surface area (TPSA) is 6.48 Å².